The summed E-state index contributed by atoms with van der Waals surface area (Å²) in [5.41, 5.74) is 11.6. The van der Waals surface area contributed by atoms with Crippen LogP contribution in [-0.4, -0.2) is 21.0 Å². The van der Waals surface area contributed by atoms with Crippen molar-refractivity contribution < 1.29 is 9.90 Å². The van der Waals surface area contributed by atoms with Crippen LogP contribution in [0.5, 0.6) is 0 Å². The van der Waals surface area contributed by atoms with Crippen LogP contribution in [-0.2, 0) is 0 Å². The molecule has 0 aliphatic heterocycles. The molecule has 7 nitrogen and oxygen atoms in total. The second-order valence-corrected chi connectivity index (χ2v) is 5.04. The molecule has 0 atom stereocenters. The molecule has 2 aromatic rings. The number of anilines is 2. The van der Waals surface area contributed by atoms with Gasteiger partial charge in [-0.1, -0.05) is 6.07 Å². The van der Waals surface area contributed by atoms with E-state index in [4.69, 9.17) is 16.7 Å². The van der Waals surface area contributed by atoms with Crippen LogP contribution < -0.4 is 11.5 Å². The predicted octanol–water partition coefficient (Wildman–Crippen LogP) is 1.48. The van der Waals surface area contributed by atoms with Crippen molar-refractivity contribution in [3.8, 4) is 17.3 Å². The fourth-order valence-electron chi connectivity index (χ4n) is 1.70. The van der Waals surface area contributed by atoms with E-state index in [1.807, 2.05) is 28.7 Å². The molecule has 0 saturated carbocycles. The molecule has 5 N–H and O–H groups in total. The van der Waals surface area contributed by atoms with Crippen molar-refractivity contribution >= 4 is 40.3 Å². The molecule has 1 aromatic carbocycles. The maximum absolute atomic E-state index is 11.3. The fraction of sp³-hybridized carbons (Fsp3) is 0. The number of aromatic nitrogens is 2. The summed E-state index contributed by atoms with van der Waals surface area (Å²) >= 11 is 2.00. The molecule has 0 saturated heterocycles. The van der Waals surface area contributed by atoms with E-state index < -0.39 is 5.97 Å². The third kappa shape index (κ3) is 2.48. The number of halogens is 1. The van der Waals surface area contributed by atoms with Gasteiger partial charge in [0.15, 0.2) is 0 Å². The molecule has 0 amide bonds. The van der Waals surface area contributed by atoms with Gasteiger partial charge in [0.1, 0.15) is 17.5 Å². The number of rotatable bonds is 2. The number of aromatic carboxylic acids is 1. The van der Waals surface area contributed by atoms with Crippen LogP contribution in [0.3, 0.4) is 0 Å². The minimum absolute atomic E-state index is 0.00269. The van der Waals surface area contributed by atoms with Gasteiger partial charge in [0.25, 0.3) is 0 Å². The summed E-state index contributed by atoms with van der Waals surface area (Å²) in [6.07, 6.45) is 0. The van der Waals surface area contributed by atoms with Crippen LogP contribution in [0, 0.1) is 14.9 Å². The van der Waals surface area contributed by atoms with Crippen molar-refractivity contribution in [3.63, 3.8) is 0 Å². The number of hydrogen-bond acceptors (Lipinski definition) is 6. The fourth-order valence-corrected chi connectivity index (χ4v) is 2.19. The van der Waals surface area contributed by atoms with E-state index in [1.54, 1.807) is 12.1 Å². The minimum Gasteiger partial charge on any atom is -0.478 e. The van der Waals surface area contributed by atoms with Crippen LogP contribution >= 0.6 is 22.6 Å². The van der Waals surface area contributed by atoms with Gasteiger partial charge in [0.2, 0.25) is 5.95 Å². The first-order chi connectivity index (χ1) is 9.43. The Morgan fingerprint density at radius 1 is 1.35 bits per heavy atom. The van der Waals surface area contributed by atoms with Gasteiger partial charge in [-0.15, -0.1) is 0 Å². The monoisotopic (exact) mass is 381 g/mol. The van der Waals surface area contributed by atoms with Crippen LogP contribution in [0.25, 0.3) is 11.3 Å². The van der Waals surface area contributed by atoms with Crippen molar-refractivity contribution in [3.05, 3.63) is 32.9 Å². The summed E-state index contributed by atoms with van der Waals surface area (Å²) in [5, 5.41) is 18.4. The number of carboxylic acid groups (broad SMARTS) is 1. The highest BCUT2D eigenvalue weighted by molar-refractivity contribution is 14.1. The quantitative estimate of drug-likeness (QED) is 0.670. The van der Waals surface area contributed by atoms with Crippen molar-refractivity contribution in [1.82, 2.24) is 9.97 Å². The summed E-state index contributed by atoms with van der Waals surface area (Å²) in [4.78, 5) is 19.0. The SMILES string of the molecule is N#Cc1c(N)nc(N)nc1-c1ccc(I)cc1C(=O)O. The molecule has 100 valence electrons. The number of carboxylic acids is 1. The van der Waals surface area contributed by atoms with Crippen LogP contribution in [0.15, 0.2) is 18.2 Å². The van der Waals surface area contributed by atoms with Crippen molar-refractivity contribution in [1.29, 1.82) is 5.26 Å². The van der Waals surface area contributed by atoms with Gasteiger partial charge in [-0.25, -0.2) is 9.78 Å². The summed E-state index contributed by atoms with van der Waals surface area (Å²) in [6.45, 7) is 0. The third-order valence-corrected chi connectivity index (χ3v) is 3.20. The average molecular weight is 381 g/mol. The molecule has 20 heavy (non-hydrogen) atoms. The zero-order valence-electron chi connectivity index (χ0n) is 9.96. The number of hydrogen-bond donors (Lipinski definition) is 3. The van der Waals surface area contributed by atoms with E-state index in [1.165, 1.54) is 6.07 Å². The summed E-state index contributed by atoms with van der Waals surface area (Å²) in [5.74, 6) is -1.32. The van der Waals surface area contributed by atoms with Crippen molar-refractivity contribution in [2.75, 3.05) is 11.5 Å². The Bertz CT molecular complexity index is 754. The molecule has 0 bridgehead atoms. The molecule has 0 aliphatic carbocycles. The maximum Gasteiger partial charge on any atom is 0.336 e. The molecule has 0 aliphatic rings. The second-order valence-electron chi connectivity index (χ2n) is 3.80. The van der Waals surface area contributed by atoms with Crippen LogP contribution in [0.2, 0.25) is 0 Å². The zero-order valence-corrected chi connectivity index (χ0v) is 12.1. The van der Waals surface area contributed by atoms with Gasteiger partial charge < -0.3 is 16.6 Å². The predicted molar refractivity (Wildman–Crippen MR) is 80.7 cm³/mol. The Labute approximate surface area is 127 Å². The minimum atomic E-state index is -1.13. The van der Waals surface area contributed by atoms with Gasteiger partial charge in [-0.05, 0) is 34.7 Å². The van der Waals surface area contributed by atoms with Crippen molar-refractivity contribution in [2.45, 2.75) is 0 Å². The first kappa shape index (κ1) is 14.0. The number of nitrogen functional groups attached to an aromatic ring is 2. The highest BCUT2D eigenvalue weighted by Gasteiger charge is 2.19. The van der Waals surface area contributed by atoms with Crippen LogP contribution in [0.4, 0.5) is 11.8 Å². The lowest BCUT2D eigenvalue weighted by atomic mass is 10.0. The van der Waals surface area contributed by atoms with Crippen molar-refractivity contribution in [2.24, 2.45) is 0 Å². The Kier molecular flexibility index (Phi) is 3.71. The molecule has 0 spiro atoms. The lowest BCUT2D eigenvalue weighted by molar-refractivity contribution is 0.0697. The lowest BCUT2D eigenvalue weighted by Crippen LogP contribution is -2.07. The Balaban J connectivity index is 2.82. The standard InChI is InChI=1S/C12H8IN5O2/c13-5-1-2-6(7(3-5)11(19)20)9-8(4-14)10(15)18-12(16)17-9/h1-3H,(H,19,20)(H4,15,16,17,18). The lowest BCUT2D eigenvalue weighted by Gasteiger charge is -2.09. The number of nitrogens with two attached hydrogens (primary N) is 2. The van der Waals surface area contributed by atoms with Gasteiger partial charge in [-0.3, -0.25) is 0 Å². The molecule has 0 radical (unpaired) electrons. The summed E-state index contributed by atoms with van der Waals surface area (Å²) < 4.78 is 0.747. The average Bonchev–Trinajstić information content (AvgIpc) is 2.37. The molecule has 2 rings (SSSR count). The number of carbonyl (C=O) groups is 1. The third-order valence-electron chi connectivity index (χ3n) is 2.53. The molecule has 0 unspecified atom stereocenters. The smallest absolute Gasteiger partial charge is 0.336 e. The largest absolute Gasteiger partial charge is 0.478 e. The topological polar surface area (TPSA) is 139 Å². The second kappa shape index (κ2) is 5.30. The number of nitriles is 1. The molecule has 8 heteroatoms. The zero-order chi connectivity index (χ0) is 14.9. The van der Waals surface area contributed by atoms with E-state index in [0.29, 0.717) is 0 Å². The van der Waals surface area contributed by atoms with E-state index in [2.05, 4.69) is 9.97 Å². The number of benzene rings is 1. The molecule has 1 aromatic heterocycles. The Hall–Kier alpha value is -2.41. The van der Waals surface area contributed by atoms with E-state index in [0.717, 1.165) is 3.57 Å². The first-order valence-corrected chi connectivity index (χ1v) is 6.38. The highest BCUT2D eigenvalue weighted by atomic mass is 127. The molecule has 0 fully saturated rings. The molecule has 1 heterocycles. The summed E-state index contributed by atoms with van der Waals surface area (Å²) in [6, 6.07) is 6.62. The van der Waals surface area contributed by atoms with Crippen LogP contribution in [0.1, 0.15) is 15.9 Å². The van der Waals surface area contributed by atoms with Gasteiger partial charge in [0.05, 0.1) is 11.3 Å². The Morgan fingerprint density at radius 2 is 2.05 bits per heavy atom. The molecular weight excluding hydrogens is 373 g/mol. The van der Waals surface area contributed by atoms with E-state index >= 15 is 0 Å². The normalized spacial score (nSPS) is 10.0. The first-order valence-electron chi connectivity index (χ1n) is 5.30. The van der Waals surface area contributed by atoms with Gasteiger partial charge in [0, 0.05) is 9.13 Å². The van der Waals surface area contributed by atoms with Gasteiger partial charge in [-0.2, -0.15) is 10.2 Å². The summed E-state index contributed by atoms with van der Waals surface area (Å²) in [7, 11) is 0. The molecular formula is C12H8IN5O2. The van der Waals surface area contributed by atoms with E-state index in [9.17, 15) is 9.90 Å². The highest BCUT2D eigenvalue weighted by Crippen LogP contribution is 2.29. The van der Waals surface area contributed by atoms with Gasteiger partial charge >= 0.3 is 5.97 Å². The number of nitrogens with zero attached hydrogens (tertiary/aromatic N) is 3. The Morgan fingerprint density at radius 3 is 2.65 bits per heavy atom. The van der Waals surface area contributed by atoms with E-state index in [-0.39, 0.29) is 34.2 Å². The maximum atomic E-state index is 11.3.